The summed E-state index contributed by atoms with van der Waals surface area (Å²) in [6, 6.07) is 7.11. The van der Waals surface area contributed by atoms with Gasteiger partial charge in [0.2, 0.25) is 0 Å². The quantitative estimate of drug-likeness (QED) is 0.683. The lowest BCUT2D eigenvalue weighted by atomic mass is 9.77. The lowest BCUT2D eigenvalue weighted by molar-refractivity contribution is -0.140. The van der Waals surface area contributed by atoms with Crippen molar-refractivity contribution < 1.29 is 14.3 Å². The Morgan fingerprint density at radius 1 is 1.24 bits per heavy atom. The van der Waals surface area contributed by atoms with Gasteiger partial charge < -0.3 is 9.64 Å². The van der Waals surface area contributed by atoms with E-state index in [-0.39, 0.29) is 23.7 Å². The van der Waals surface area contributed by atoms with Crippen molar-refractivity contribution in [1.29, 1.82) is 0 Å². The molecule has 0 saturated carbocycles. The second-order valence-electron chi connectivity index (χ2n) is 4.53. The van der Waals surface area contributed by atoms with E-state index in [2.05, 4.69) is 0 Å². The summed E-state index contributed by atoms with van der Waals surface area (Å²) < 4.78 is 5.16. The molecule has 2 aliphatic heterocycles. The number of carbonyl (C=O) groups excluding carboxylic acids is 2. The fourth-order valence-electron chi connectivity index (χ4n) is 2.78. The third-order valence-electron chi connectivity index (χ3n) is 3.70. The highest BCUT2D eigenvalue weighted by atomic mass is 16.5. The molecular weight excluding hydrogens is 218 g/mol. The molecule has 3 rings (SSSR count). The Bertz CT molecular complexity index is 511. The summed E-state index contributed by atoms with van der Waals surface area (Å²) in [5.74, 6) is -0.159. The smallest absolute Gasteiger partial charge is 0.258 e. The van der Waals surface area contributed by atoms with Crippen molar-refractivity contribution >= 4 is 17.4 Å². The topological polar surface area (TPSA) is 46.6 Å². The Kier molecular flexibility index (Phi) is 2.10. The summed E-state index contributed by atoms with van der Waals surface area (Å²) in [6.07, 6.45) is -0.470. The number of fused-ring (bicyclic) bond motifs is 3. The first-order chi connectivity index (χ1) is 8.16. The van der Waals surface area contributed by atoms with Gasteiger partial charge in [-0.15, -0.1) is 0 Å². The van der Waals surface area contributed by atoms with E-state index in [4.69, 9.17) is 4.74 Å². The molecule has 2 unspecified atom stereocenters. The monoisotopic (exact) mass is 231 g/mol. The Morgan fingerprint density at radius 3 is 2.65 bits per heavy atom. The Morgan fingerprint density at radius 2 is 1.94 bits per heavy atom. The van der Waals surface area contributed by atoms with E-state index in [1.165, 1.54) is 7.11 Å². The number of amides is 1. The number of anilines is 1. The number of hydrogen-bond acceptors (Lipinski definition) is 3. The van der Waals surface area contributed by atoms with Crippen molar-refractivity contribution in [2.24, 2.45) is 5.92 Å². The minimum Gasteiger partial charge on any atom is -0.369 e. The van der Waals surface area contributed by atoms with Crippen LogP contribution in [0.4, 0.5) is 5.69 Å². The van der Waals surface area contributed by atoms with Crippen LogP contribution in [0.3, 0.4) is 0 Å². The maximum absolute atomic E-state index is 12.2. The number of para-hydroxylation sites is 1. The molecule has 17 heavy (non-hydrogen) atoms. The average molecular weight is 231 g/mol. The van der Waals surface area contributed by atoms with E-state index in [0.29, 0.717) is 5.56 Å². The SMILES string of the molecule is CO[C@@H]1C(=O)N2c3ccccc3C(=O)C(C)C12. The van der Waals surface area contributed by atoms with Crippen LogP contribution < -0.4 is 4.90 Å². The van der Waals surface area contributed by atoms with Crippen LogP contribution >= 0.6 is 0 Å². The van der Waals surface area contributed by atoms with Crippen LogP contribution in [0.1, 0.15) is 17.3 Å². The van der Waals surface area contributed by atoms with Gasteiger partial charge in [0.05, 0.1) is 11.7 Å². The molecule has 1 aromatic carbocycles. The highest BCUT2D eigenvalue weighted by molar-refractivity contribution is 6.16. The largest absolute Gasteiger partial charge is 0.369 e. The molecule has 0 N–H and O–H groups in total. The molecule has 88 valence electrons. The number of nitrogens with zero attached hydrogens (tertiary/aromatic N) is 1. The number of β-lactam (4-membered cyclic amide) rings is 1. The maximum Gasteiger partial charge on any atom is 0.258 e. The van der Waals surface area contributed by atoms with Crippen molar-refractivity contribution in [2.45, 2.75) is 19.1 Å². The Labute approximate surface area is 99.2 Å². The normalized spacial score (nSPS) is 30.7. The molecule has 0 spiro atoms. The number of Topliss-reactive ketones (excluding diaryl/α,β-unsaturated/α-hetero) is 1. The molecule has 2 heterocycles. The average Bonchev–Trinajstić information content (AvgIpc) is 2.34. The molecule has 1 saturated heterocycles. The van der Waals surface area contributed by atoms with Gasteiger partial charge in [0.1, 0.15) is 0 Å². The van der Waals surface area contributed by atoms with Crippen LogP contribution in [0.25, 0.3) is 0 Å². The second kappa shape index (κ2) is 3.40. The zero-order valence-corrected chi connectivity index (χ0v) is 9.71. The molecular formula is C13H13NO3. The molecule has 3 atom stereocenters. The molecule has 1 fully saturated rings. The van der Waals surface area contributed by atoms with E-state index in [0.717, 1.165) is 5.69 Å². The highest BCUT2D eigenvalue weighted by Crippen LogP contribution is 2.41. The van der Waals surface area contributed by atoms with E-state index in [1.807, 2.05) is 25.1 Å². The van der Waals surface area contributed by atoms with Gasteiger partial charge in [-0.05, 0) is 12.1 Å². The number of hydrogen-bond donors (Lipinski definition) is 0. The summed E-state index contributed by atoms with van der Waals surface area (Å²) >= 11 is 0. The van der Waals surface area contributed by atoms with Crippen molar-refractivity contribution in [1.82, 2.24) is 0 Å². The number of ketones is 1. The van der Waals surface area contributed by atoms with Gasteiger partial charge in [-0.2, -0.15) is 0 Å². The van der Waals surface area contributed by atoms with Gasteiger partial charge >= 0.3 is 0 Å². The minimum atomic E-state index is -0.470. The van der Waals surface area contributed by atoms with Gasteiger partial charge in [-0.25, -0.2) is 0 Å². The van der Waals surface area contributed by atoms with E-state index >= 15 is 0 Å². The molecule has 1 aromatic rings. The van der Waals surface area contributed by atoms with Crippen LogP contribution in [0, 0.1) is 5.92 Å². The van der Waals surface area contributed by atoms with Crippen LogP contribution in [0.5, 0.6) is 0 Å². The van der Waals surface area contributed by atoms with Crippen molar-refractivity contribution in [3.05, 3.63) is 29.8 Å². The molecule has 4 nitrogen and oxygen atoms in total. The summed E-state index contributed by atoms with van der Waals surface area (Å²) in [4.78, 5) is 25.8. The summed E-state index contributed by atoms with van der Waals surface area (Å²) in [5, 5.41) is 0. The zero-order valence-electron chi connectivity index (χ0n) is 9.71. The number of carbonyl (C=O) groups is 2. The van der Waals surface area contributed by atoms with Gasteiger partial charge in [0.15, 0.2) is 11.9 Å². The third kappa shape index (κ3) is 1.16. The van der Waals surface area contributed by atoms with Crippen LogP contribution in [-0.2, 0) is 9.53 Å². The van der Waals surface area contributed by atoms with E-state index in [1.54, 1.807) is 11.0 Å². The van der Waals surface area contributed by atoms with Gasteiger partial charge in [0.25, 0.3) is 5.91 Å². The lowest BCUT2D eigenvalue weighted by Gasteiger charge is -2.51. The molecule has 0 aromatic heterocycles. The molecule has 4 heteroatoms. The Hall–Kier alpha value is -1.68. The third-order valence-corrected chi connectivity index (χ3v) is 3.70. The second-order valence-corrected chi connectivity index (χ2v) is 4.53. The van der Waals surface area contributed by atoms with Crippen LogP contribution in [0.2, 0.25) is 0 Å². The number of methoxy groups -OCH3 is 1. The Balaban J connectivity index is 2.12. The van der Waals surface area contributed by atoms with E-state index < -0.39 is 6.10 Å². The van der Waals surface area contributed by atoms with Gasteiger partial charge in [-0.1, -0.05) is 19.1 Å². The summed E-state index contributed by atoms with van der Waals surface area (Å²) in [5.41, 5.74) is 1.36. The first-order valence-corrected chi connectivity index (χ1v) is 5.66. The fraction of sp³-hybridized carbons (Fsp3) is 0.385. The number of rotatable bonds is 1. The zero-order chi connectivity index (χ0) is 12.2. The van der Waals surface area contributed by atoms with Crippen molar-refractivity contribution in [3.8, 4) is 0 Å². The molecule has 1 amide bonds. The van der Waals surface area contributed by atoms with Crippen LogP contribution in [0.15, 0.2) is 24.3 Å². The number of benzene rings is 1. The summed E-state index contributed by atoms with van der Waals surface area (Å²) in [6.45, 7) is 1.86. The predicted molar refractivity (Wildman–Crippen MR) is 62.0 cm³/mol. The van der Waals surface area contributed by atoms with Crippen molar-refractivity contribution in [3.63, 3.8) is 0 Å². The first kappa shape index (κ1) is 10.5. The van der Waals surface area contributed by atoms with Gasteiger partial charge in [0, 0.05) is 18.6 Å². The standard InChI is InChI=1S/C13H13NO3/c1-7-10-12(17-2)13(16)14(10)9-6-4-3-5-8(9)11(7)15/h3-7,10,12H,1-2H3/t7?,10?,12-/m0/s1. The van der Waals surface area contributed by atoms with E-state index in [9.17, 15) is 9.59 Å². The minimum absolute atomic E-state index is 0.0516. The first-order valence-electron chi connectivity index (χ1n) is 5.66. The highest BCUT2D eigenvalue weighted by Gasteiger charge is 2.56. The summed E-state index contributed by atoms with van der Waals surface area (Å²) in [7, 11) is 1.51. The van der Waals surface area contributed by atoms with Crippen molar-refractivity contribution in [2.75, 3.05) is 12.0 Å². The molecule has 0 radical (unpaired) electrons. The molecule has 0 bridgehead atoms. The van der Waals surface area contributed by atoms with Crippen LogP contribution in [-0.4, -0.2) is 30.9 Å². The molecule has 2 aliphatic rings. The number of ether oxygens (including phenoxy) is 1. The predicted octanol–water partition coefficient (Wildman–Crippen LogP) is 1.25. The molecule has 0 aliphatic carbocycles. The fourth-order valence-corrected chi connectivity index (χ4v) is 2.78. The van der Waals surface area contributed by atoms with Gasteiger partial charge in [-0.3, -0.25) is 9.59 Å². The lowest BCUT2D eigenvalue weighted by Crippen LogP contribution is -2.71. The maximum atomic E-state index is 12.2.